The molecule has 168 valence electrons. The summed E-state index contributed by atoms with van der Waals surface area (Å²) < 4.78 is 23.0. The van der Waals surface area contributed by atoms with E-state index in [0.29, 0.717) is 32.7 Å². The smallest absolute Gasteiger partial charge is 0.321 e. The van der Waals surface area contributed by atoms with E-state index in [9.17, 15) is 9.18 Å². The number of urea groups is 1. The molecule has 1 aliphatic heterocycles. The second-order valence-electron chi connectivity index (χ2n) is 7.51. The van der Waals surface area contributed by atoms with E-state index < -0.39 is 0 Å². The molecule has 7 nitrogen and oxygen atoms in total. The van der Waals surface area contributed by atoms with Crippen molar-refractivity contribution in [2.24, 2.45) is 0 Å². The predicted molar refractivity (Wildman–Crippen MR) is 124 cm³/mol. The van der Waals surface area contributed by atoms with Gasteiger partial charge in [-0.1, -0.05) is 12.1 Å². The Morgan fingerprint density at radius 2 is 1.88 bits per heavy atom. The number of hydrogen-bond donors (Lipinski definition) is 1. The summed E-state index contributed by atoms with van der Waals surface area (Å²) in [6.07, 6.45) is 1.42. The van der Waals surface area contributed by atoms with E-state index >= 15 is 0 Å². The number of ether oxygens (including phenoxy) is 1. The van der Waals surface area contributed by atoms with E-state index in [1.807, 2.05) is 36.1 Å². The van der Waals surface area contributed by atoms with Gasteiger partial charge in [-0.3, -0.25) is 0 Å². The average molecular weight is 456 g/mol. The maximum absolute atomic E-state index is 13.1. The van der Waals surface area contributed by atoms with Crippen LogP contribution < -0.4 is 15.0 Å². The second-order valence-corrected chi connectivity index (χ2v) is 8.24. The molecular formula is C23H26FN5O2S. The zero-order valence-electron chi connectivity index (χ0n) is 18.0. The molecular weight excluding hydrogens is 429 g/mol. The monoisotopic (exact) mass is 455 g/mol. The van der Waals surface area contributed by atoms with Crippen molar-refractivity contribution in [3.63, 3.8) is 0 Å². The molecule has 32 heavy (non-hydrogen) atoms. The van der Waals surface area contributed by atoms with Gasteiger partial charge in [-0.05, 0) is 55.3 Å². The van der Waals surface area contributed by atoms with Gasteiger partial charge in [0.05, 0.1) is 6.61 Å². The summed E-state index contributed by atoms with van der Waals surface area (Å²) in [4.78, 5) is 21.4. The number of hydrogen-bond acceptors (Lipinski definition) is 6. The second kappa shape index (κ2) is 10.4. The average Bonchev–Trinajstić information content (AvgIpc) is 3.11. The van der Waals surface area contributed by atoms with E-state index in [-0.39, 0.29) is 11.8 Å². The molecule has 4 rings (SSSR count). The Morgan fingerprint density at radius 3 is 2.62 bits per heavy atom. The van der Waals surface area contributed by atoms with Crippen LogP contribution in [0.3, 0.4) is 0 Å². The number of halogens is 1. The highest BCUT2D eigenvalue weighted by Gasteiger charge is 2.21. The first-order chi connectivity index (χ1) is 15.6. The van der Waals surface area contributed by atoms with Gasteiger partial charge >= 0.3 is 6.03 Å². The van der Waals surface area contributed by atoms with Crippen LogP contribution in [-0.4, -0.2) is 53.1 Å². The summed E-state index contributed by atoms with van der Waals surface area (Å²) in [7, 11) is 0. The molecule has 0 unspecified atom stereocenters. The minimum Gasteiger partial charge on any atom is -0.494 e. The molecule has 0 spiro atoms. The van der Waals surface area contributed by atoms with Crippen LogP contribution in [0.2, 0.25) is 0 Å². The molecule has 2 heterocycles. The third kappa shape index (κ3) is 5.73. The van der Waals surface area contributed by atoms with Crippen molar-refractivity contribution < 1.29 is 13.9 Å². The summed E-state index contributed by atoms with van der Waals surface area (Å²) in [6.45, 7) is 5.35. The summed E-state index contributed by atoms with van der Waals surface area (Å²) in [5.74, 6) is 1.26. The van der Waals surface area contributed by atoms with Gasteiger partial charge in [0.25, 0.3) is 0 Å². The summed E-state index contributed by atoms with van der Waals surface area (Å²) in [5.41, 5.74) is 1.72. The van der Waals surface area contributed by atoms with Gasteiger partial charge in [0.1, 0.15) is 17.4 Å². The first kappa shape index (κ1) is 22.0. The Bertz CT molecular complexity index is 1030. The lowest BCUT2D eigenvalue weighted by atomic mass is 10.1. The van der Waals surface area contributed by atoms with Crippen molar-refractivity contribution in [2.75, 3.05) is 43.0 Å². The molecule has 9 heteroatoms. The van der Waals surface area contributed by atoms with Crippen LogP contribution >= 0.6 is 11.5 Å². The van der Waals surface area contributed by atoms with Crippen LogP contribution in [0.1, 0.15) is 24.7 Å². The predicted octanol–water partition coefficient (Wildman–Crippen LogP) is 4.41. The van der Waals surface area contributed by atoms with E-state index in [0.717, 1.165) is 40.9 Å². The van der Waals surface area contributed by atoms with Crippen molar-refractivity contribution in [1.82, 2.24) is 14.3 Å². The number of aromatic nitrogens is 2. The lowest BCUT2D eigenvalue weighted by Crippen LogP contribution is -2.38. The maximum atomic E-state index is 13.1. The van der Waals surface area contributed by atoms with Gasteiger partial charge in [0.15, 0.2) is 0 Å². The number of carbonyl (C=O) groups excluding carboxylic acids is 1. The van der Waals surface area contributed by atoms with Gasteiger partial charge < -0.3 is 19.9 Å². The van der Waals surface area contributed by atoms with Crippen molar-refractivity contribution in [1.29, 1.82) is 0 Å². The van der Waals surface area contributed by atoms with Crippen molar-refractivity contribution in [3.8, 4) is 5.75 Å². The molecule has 1 aliphatic rings. The SMILES string of the molecule is CCOc1ccc(NC(=O)N2CCCN(c3nc(Cc4ccc(F)cc4)ns3)CC2)cc1. The number of anilines is 2. The first-order valence-corrected chi connectivity index (χ1v) is 11.5. The molecule has 0 saturated carbocycles. The van der Waals surface area contributed by atoms with Gasteiger partial charge in [0.2, 0.25) is 5.13 Å². The van der Waals surface area contributed by atoms with Crippen molar-refractivity contribution in [2.45, 2.75) is 19.8 Å². The van der Waals surface area contributed by atoms with E-state index in [1.165, 1.54) is 23.7 Å². The zero-order valence-corrected chi connectivity index (χ0v) is 18.8. The molecule has 1 saturated heterocycles. The number of carbonyl (C=O) groups is 1. The molecule has 2 amide bonds. The minimum atomic E-state index is -0.249. The molecule has 1 fully saturated rings. The lowest BCUT2D eigenvalue weighted by molar-refractivity contribution is 0.215. The van der Waals surface area contributed by atoms with Crippen LogP contribution in [0.5, 0.6) is 5.75 Å². The fourth-order valence-corrected chi connectivity index (χ4v) is 4.28. The summed E-state index contributed by atoms with van der Waals surface area (Å²) in [6, 6.07) is 13.7. The quantitative estimate of drug-likeness (QED) is 0.596. The molecule has 0 radical (unpaired) electrons. The fraction of sp³-hybridized carbons (Fsp3) is 0.348. The normalized spacial score (nSPS) is 14.2. The molecule has 0 bridgehead atoms. The number of benzene rings is 2. The lowest BCUT2D eigenvalue weighted by Gasteiger charge is -2.22. The molecule has 0 aliphatic carbocycles. The summed E-state index contributed by atoms with van der Waals surface area (Å²) in [5, 5.41) is 3.82. The van der Waals surface area contributed by atoms with Crippen molar-refractivity contribution in [3.05, 3.63) is 65.7 Å². The zero-order chi connectivity index (χ0) is 22.3. The summed E-state index contributed by atoms with van der Waals surface area (Å²) >= 11 is 1.37. The Labute approximate surface area is 191 Å². The highest BCUT2D eigenvalue weighted by molar-refractivity contribution is 7.09. The maximum Gasteiger partial charge on any atom is 0.321 e. The number of nitrogens with zero attached hydrogens (tertiary/aromatic N) is 4. The third-order valence-electron chi connectivity index (χ3n) is 5.20. The third-order valence-corrected chi connectivity index (χ3v) is 6.02. The fourth-order valence-electron chi connectivity index (χ4n) is 3.55. The van der Waals surface area contributed by atoms with Crippen LogP contribution in [0.15, 0.2) is 48.5 Å². The van der Waals surface area contributed by atoms with Crippen molar-refractivity contribution >= 4 is 28.4 Å². The minimum absolute atomic E-state index is 0.106. The highest BCUT2D eigenvalue weighted by Crippen LogP contribution is 2.21. The highest BCUT2D eigenvalue weighted by atomic mass is 32.1. The molecule has 1 N–H and O–H groups in total. The molecule has 3 aromatic rings. The Kier molecular flexibility index (Phi) is 7.16. The number of nitrogens with one attached hydrogen (secondary N) is 1. The van der Waals surface area contributed by atoms with E-state index in [2.05, 4.69) is 19.6 Å². The topological polar surface area (TPSA) is 70.6 Å². The van der Waals surface area contributed by atoms with E-state index in [4.69, 9.17) is 4.74 Å². The Morgan fingerprint density at radius 1 is 1.09 bits per heavy atom. The van der Waals surface area contributed by atoms with Gasteiger partial charge in [-0.2, -0.15) is 4.37 Å². The van der Waals surface area contributed by atoms with Crippen LogP contribution in [0.25, 0.3) is 0 Å². The Hall–Kier alpha value is -3.20. The van der Waals surface area contributed by atoms with Crippen LogP contribution in [0.4, 0.5) is 20.0 Å². The molecule has 1 aromatic heterocycles. The van der Waals surface area contributed by atoms with Crippen LogP contribution in [-0.2, 0) is 6.42 Å². The first-order valence-electron chi connectivity index (χ1n) is 10.7. The number of rotatable bonds is 6. The largest absolute Gasteiger partial charge is 0.494 e. The standard InChI is InChI=1S/C23H26FN5O2S/c1-2-31-20-10-8-19(9-11-20)25-22(30)28-12-3-13-29(15-14-28)23-26-21(27-32-23)16-17-4-6-18(24)7-5-17/h4-11H,2-3,12-16H2,1H3,(H,25,30). The van der Waals surface area contributed by atoms with Gasteiger partial charge in [0, 0.05) is 49.8 Å². The molecule has 2 aromatic carbocycles. The Balaban J connectivity index is 1.31. The van der Waals surface area contributed by atoms with Crippen LogP contribution in [0, 0.1) is 5.82 Å². The number of amides is 2. The van der Waals surface area contributed by atoms with Gasteiger partial charge in [-0.25, -0.2) is 14.2 Å². The molecule has 0 atom stereocenters. The van der Waals surface area contributed by atoms with Gasteiger partial charge in [-0.15, -0.1) is 0 Å². The van der Waals surface area contributed by atoms with E-state index in [1.54, 1.807) is 12.1 Å².